The first-order valence-corrected chi connectivity index (χ1v) is 9.71. The Morgan fingerprint density at radius 1 is 1.16 bits per heavy atom. The highest BCUT2D eigenvalue weighted by Gasteiger charge is 2.57. The number of carbonyl (C=O) groups is 1. The van der Waals surface area contributed by atoms with E-state index in [0.29, 0.717) is 34.7 Å². The fourth-order valence-corrected chi connectivity index (χ4v) is 4.03. The number of H-pyrrole nitrogens is 1. The Morgan fingerprint density at radius 3 is 2.45 bits per heavy atom. The lowest BCUT2D eigenvalue weighted by molar-refractivity contribution is -0.286. The molecular formula is C20H18ClF5N2O3. The van der Waals surface area contributed by atoms with Crippen molar-refractivity contribution in [3.05, 3.63) is 44.8 Å². The lowest BCUT2D eigenvalue weighted by Gasteiger charge is -2.21. The molecule has 0 spiro atoms. The second-order valence-electron chi connectivity index (χ2n) is 7.32. The fourth-order valence-electron chi connectivity index (χ4n) is 3.73. The van der Waals surface area contributed by atoms with E-state index in [1.807, 2.05) is 0 Å². The van der Waals surface area contributed by atoms with Gasteiger partial charge in [0.05, 0.1) is 17.1 Å². The Morgan fingerprint density at radius 2 is 1.84 bits per heavy atom. The van der Waals surface area contributed by atoms with Crippen LogP contribution in [0.5, 0.6) is 0 Å². The van der Waals surface area contributed by atoms with Gasteiger partial charge in [0.15, 0.2) is 0 Å². The molecule has 0 bridgehead atoms. The molecule has 2 heterocycles. The first-order chi connectivity index (χ1) is 14.3. The molecule has 3 rings (SSSR count). The first kappa shape index (κ1) is 23.1. The minimum Gasteiger partial charge on any atom is -0.481 e. The molecule has 0 aliphatic rings. The molecule has 168 valence electrons. The zero-order chi connectivity index (χ0) is 23.1. The zero-order valence-electron chi connectivity index (χ0n) is 16.2. The Hall–Kier alpha value is -2.62. The average Bonchev–Trinajstić information content (AvgIpc) is 2.88. The van der Waals surface area contributed by atoms with Crippen LogP contribution < -0.4 is 5.56 Å². The number of fused-ring (bicyclic) bond motifs is 3. The molecule has 2 N–H and O–H groups in total. The van der Waals surface area contributed by atoms with Gasteiger partial charge < -0.3 is 14.7 Å². The molecule has 11 heteroatoms. The van der Waals surface area contributed by atoms with Gasteiger partial charge in [-0.1, -0.05) is 11.6 Å². The first-order valence-electron chi connectivity index (χ1n) is 9.33. The molecule has 0 unspecified atom stereocenters. The van der Waals surface area contributed by atoms with Crippen LogP contribution in [-0.4, -0.2) is 32.7 Å². The minimum absolute atomic E-state index is 0.0378. The van der Waals surface area contributed by atoms with E-state index in [2.05, 4.69) is 4.98 Å². The molecule has 0 aliphatic carbocycles. The van der Waals surface area contributed by atoms with Gasteiger partial charge in [0.25, 0.3) is 0 Å². The van der Waals surface area contributed by atoms with Gasteiger partial charge in [-0.05, 0) is 43.9 Å². The maximum atomic E-state index is 13.9. The minimum atomic E-state index is -5.72. The summed E-state index contributed by atoms with van der Waals surface area (Å²) < 4.78 is 67.3. The quantitative estimate of drug-likeness (QED) is 0.361. The van der Waals surface area contributed by atoms with E-state index in [4.69, 9.17) is 16.7 Å². The number of carboxylic acids is 1. The summed E-state index contributed by atoms with van der Waals surface area (Å²) in [7, 11) is 0. The Balaban J connectivity index is 2.23. The summed E-state index contributed by atoms with van der Waals surface area (Å²) in [5, 5.41) is 9.54. The molecular weight excluding hydrogens is 447 g/mol. The summed E-state index contributed by atoms with van der Waals surface area (Å²) in [4.78, 5) is 25.1. The van der Waals surface area contributed by atoms with Crippen LogP contribution in [0.2, 0.25) is 5.02 Å². The van der Waals surface area contributed by atoms with Crippen LogP contribution in [-0.2, 0) is 17.8 Å². The maximum Gasteiger partial charge on any atom is 0.455 e. The number of aromatic amines is 1. The van der Waals surface area contributed by atoms with Crippen LogP contribution in [0, 0.1) is 6.92 Å². The van der Waals surface area contributed by atoms with E-state index in [1.165, 1.54) is 19.1 Å². The molecule has 2 aromatic heterocycles. The van der Waals surface area contributed by atoms with Crippen LogP contribution in [0.3, 0.4) is 0 Å². The third kappa shape index (κ3) is 4.39. The van der Waals surface area contributed by atoms with E-state index < -0.39 is 30.2 Å². The standard InChI is InChI=1S/C20H18ClF5N2O3/c1-10-11(4-2-3-5-16(30)31)17-14(28(10)9-19(22,23)20(24,25)26)7-6-13-18(17)12(21)8-15(29)27-13/h6-8H,2-5,9H2,1H3,(H,27,29)(H,30,31). The molecule has 31 heavy (non-hydrogen) atoms. The summed E-state index contributed by atoms with van der Waals surface area (Å²) in [6.45, 7) is -0.176. The van der Waals surface area contributed by atoms with E-state index >= 15 is 0 Å². The number of hydrogen-bond acceptors (Lipinski definition) is 2. The third-order valence-electron chi connectivity index (χ3n) is 5.21. The lowest BCUT2D eigenvalue weighted by atomic mass is 10.0. The predicted molar refractivity (Wildman–Crippen MR) is 106 cm³/mol. The average molecular weight is 465 g/mol. The van der Waals surface area contributed by atoms with Crippen molar-refractivity contribution in [1.82, 2.24) is 9.55 Å². The molecule has 0 radical (unpaired) electrons. The molecule has 0 aliphatic heterocycles. The number of alkyl halides is 5. The van der Waals surface area contributed by atoms with Gasteiger partial charge in [-0.2, -0.15) is 22.0 Å². The van der Waals surface area contributed by atoms with Gasteiger partial charge in [0.2, 0.25) is 5.56 Å². The highest BCUT2D eigenvalue weighted by atomic mass is 35.5. The van der Waals surface area contributed by atoms with E-state index in [9.17, 15) is 31.5 Å². The van der Waals surface area contributed by atoms with Crippen molar-refractivity contribution >= 4 is 39.4 Å². The number of unbranched alkanes of at least 4 members (excludes halogenated alkanes) is 1. The number of nitrogens with zero attached hydrogens (tertiary/aromatic N) is 1. The van der Waals surface area contributed by atoms with Gasteiger partial charge in [-0.15, -0.1) is 0 Å². The van der Waals surface area contributed by atoms with Crippen molar-refractivity contribution in [3.8, 4) is 0 Å². The molecule has 3 aromatic rings. The van der Waals surface area contributed by atoms with Crippen LogP contribution in [0.15, 0.2) is 23.0 Å². The topological polar surface area (TPSA) is 75.1 Å². The highest BCUT2D eigenvalue weighted by Crippen LogP contribution is 2.41. The van der Waals surface area contributed by atoms with Gasteiger partial charge in [0.1, 0.15) is 0 Å². The highest BCUT2D eigenvalue weighted by molar-refractivity contribution is 6.37. The number of benzene rings is 1. The monoisotopic (exact) mass is 464 g/mol. The Bertz CT molecular complexity index is 1210. The molecule has 0 saturated carbocycles. The predicted octanol–water partition coefficient (Wildman–Crippen LogP) is 5.44. The SMILES string of the molecule is Cc1c(CCCCC(=O)O)c2c3c(Cl)cc(=O)[nH]c3ccc2n1CC(F)(F)C(F)(F)F. The van der Waals surface area contributed by atoms with Gasteiger partial charge in [-0.3, -0.25) is 9.59 Å². The lowest BCUT2D eigenvalue weighted by Crippen LogP contribution is -2.40. The fraction of sp³-hybridized carbons (Fsp3) is 0.400. The Labute approximate surface area is 177 Å². The summed E-state index contributed by atoms with van der Waals surface area (Å²) in [5.74, 6) is -5.95. The number of halogens is 6. The number of aryl methyl sites for hydroxylation is 1. The molecule has 0 amide bonds. The molecule has 0 saturated heterocycles. The number of hydrogen-bond donors (Lipinski definition) is 2. The van der Waals surface area contributed by atoms with Gasteiger partial charge in [-0.25, -0.2) is 0 Å². The van der Waals surface area contributed by atoms with Crippen molar-refractivity contribution in [2.75, 3.05) is 0 Å². The van der Waals surface area contributed by atoms with Crippen LogP contribution in [0.25, 0.3) is 21.8 Å². The third-order valence-corrected chi connectivity index (χ3v) is 5.51. The normalized spacial score (nSPS) is 12.7. The number of rotatable bonds is 7. The summed E-state index contributed by atoms with van der Waals surface area (Å²) in [5.41, 5.74) is 0.633. The van der Waals surface area contributed by atoms with Crippen LogP contribution in [0.4, 0.5) is 22.0 Å². The number of carboxylic acid groups (broad SMARTS) is 1. The van der Waals surface area contributed by atoms with Gasteiger partial charge in [0, 0.05) is 34.5 Å². The van der Waals surface area contributed by atoms with Crippen LogP contribution in [0.1, 0.15) is 30.5 Å². The molecule has 0 fully saturated rings. The van der Waals surface area contributed by atoms with E-state index in [-0.39, 0.29) is 29.1 Å². The van der Waals surface area contributed by atoms with Gasteiger partial charge >= 0.3 is 18.1 Å². The van der Waals surface area contributed by atoms with Crippen molar-refractivity contribution in [3.63, 3.8) is 0 Å². The summed E-state index contributed by atoms with van der Waals surface area (Å²) in [6.07, 6.45) is -4.90. The number of aliphatic carboxylic acids is 1. The summed E-state index contributed by atoms with van der Waals surface area (Å²) in [6, 6.07) is 3.87. The number of nitrogens with one attached hydrogen (secondary N) is 1. The van der Waals surface area contributed by atoms with Crippen molar-refractivity contribution < 1.29 is 31.9 Å². The number of aromatic nitrogens is 2. The van der Waals surface area contributed by atoms with E-state index in [0.717, 1.165) is 10.6 Å². The second-order valence-corrected chi connectivity index (χ2v) is 7.72. The smallest absolute Gasteiger partial charge is 0.455 e. The van der Waals surface area contributed by atoms with Crippen molar-refractivity contribution in [2.45, 2.75) is 51.3 Å². The second kappa shape index (κ2) is 8.14. The summed E-state index contributed by atoms with van der Waals surface area (Å²) >= 11 is 6.25. The van der Waals surface area contributed by atoms with Crippen molar-refractivity contribution in [2.24, 2.45) is 0 Å². The molecule has 0 atom stereocenters. The van der Waals surface area contributed by atoms with Crippen molar-refractivity contribution in [1.29, 1.82) is 0 Å². The largest absolute Gasteiger partial charge is 0.481 e. The molecule has 1 aromatic carbocycles. The van der Waals surface area contributed by atoms with Crippen LogP contribution >= 0.6 is 11.6 Å². The maximum absolute atomic E-state index is 13.9. The number of pyridine rings is 1. The van der Waals surface area contributed by atoms with E-state index in [1.54, 1.807) is 0 Å². The Kier molecular flexibility index (Phi) is 6.05. The molecule has 5 nitrogen and oxygen atoms in total. The zero-order valence-corrected chi connectivity index (χ0v) is 17.0.